The molecule has 1 aromatic carbocycles. The summed E-state index contributed by atoms with van der Waals surface area (Å²) in [6, 6.07) is 3.33. The maximum Gasteiger partial charge on any atom is 0.140 e. The number of rotatable bonds is 5. The topological polar surface area (TPSA) is 17.1 Å². The van der Waals surface area contributed by atoms with Gasteiger partial charge in [0.05, 0.1) is 0 Å². The highest BCUT2D eigenvalue weighted by molar-refractivity contribution is 5.83. The van der Waals surface area contributed by atoms with E-state index in [9.17, 15) is 13.6 Å². The van der Waals surface area contributed by atoms with Crippen LogP contribution in [0.3, 0.4) is 0 Å². The molecular formula is C13H16F2O. The quantitative estimate of drug-likeness (QED) is 0.750. The summed E-state index contributed by atoms with van der Waals surface area (Å²) in [4.78, 5) is 11.8. The summed E-state index contributed by atoms with van der Waals surface area (Å²) in [6.45, 7) is 3.88. The number of carbonyl (C=O) groups is 1. The predicted molar refractivity (Wildman–Crippen MR) is 59.1 cm³/mol. The van der Waals surface area contributed by atoms with Gasteiger partial charge in [-0.2, -0.15) is 0 Å². The molecule has 3 heteroatoms. The van der Waals surface area contributed by atoms with Gasteiger partial charge in [0, 0.05) is 18.4 Å². The summed E-state index contributed by atoms with van der Waals surface area (Å²) in [5, 5.41) is 0. The van der Waals surface area contributed by atoms with Crippen LogP contribution in [0.4, 0.5) is 8.78 Å². The van der Waals surface area contributed by atoms with Gasteiger partial charge in [-0.1, -0.05) is 19.9 Å². The Bertz CT molecular complexity index is 370. The van der Waals surface area contributed by atoms with E-state index in [4.69, 9.17) is 0 Å². The second-order valence-electron chi connectivity index (χ2n) is 3.89. The van der Waals surface area contributed by atoms with Crippen LogP contribution in [0.1, 0.15) is 32.3 Å². The zero-order chi connectivity index (χ0) is 12.1. The Balaban J connectivity index is 2.76. The summed E-state index contributed by atoms with van der Waals surface area (Å²) in [7, 11) is 0. The van der Waals surface area contributed by atoms with E-state index in [0.29, 0.717) is 0 Å². The Labute approximate surface area is 94.5 Å². The highest BCUT2D eigenvalue weighted by Gasteiger charge is 2.16. The van der Waals surface area contributed by atoms with Crippen molar-refractivity contribution in [3.05, 3.63) is 35.4 Å². The molecule has 0 atom stereocenters. The van der Waals surface area contributed by atoms with Gasteiger partial charge in [0.2, 0.25) is 0 Å². The predicted octanol–water partition coefficient (Wildman–Crippen LogP) is 3.51. The van der Waals surface area contributed by atoms with E-state index in [1.165, 1.54) is 12.1 Å². The lowest BCUT2D eigenvalue weighted by molar-refractivity contribution is -0.122. The third-order valence-corrected chi connectivity index (χ3v) is 2.82. The van der Waals surface area contributed by atoms with E-state index in [0.717, 1.165) is 18.9 Å². The first-order valence-electron chi connectivity index (χ1n) is 5.55. The largest absolute Gasteiger partial charge is 0.299 e. The summed E-state index contributed by atoms with van der Waals surface area (Å²) in [5.41, 5.74) is 0.276. The molecule has 0 radical (unpaired) electrons. The SMILES string of the molecule is CCC(CC)C(=O)Cc1ccc(F)cc1F. The van der Waals surface area contributed by atoms with Gasteiger partial charge in [0.15, 0.2) is 0 Å². The van der Waals surface area contributed by atoms with Crippen molar-refractivity contribution in [3.8, 4) is 0 Å². The average Bonchev–Trinajstić information content (AvgIpc) is 2.24. The van der Waals surface area contributed by atoms with Gasteiger partial charge in [0.25, 0.3) is 0 Å². The summed E-state index contributed by atoms with van der Waals surface area (Å²) in [6.07, 6.45) is 1.58. The van der Waals surface area contributed by atoms with Crippen molar-refractivity contribution in [1.29, 1.82) is 0 Å². The molecule has 0 aliphatic carbocycles. The number of carbonyl (C=O) groups excluding carboxylic acids is 1. The van der Waals surface area contributed by atoms with Gasteiger partial charge in [-0.15, -0.1) is 0 Å². The fourth-order valence-electron chi connectivity index (χ4n) is 1.74. The van der Waals surface area contributed by atoms with E-state index < -0.39 is 11.6 Å². The highest BCUT2D eigenvalue weighted by Crippen LogP contribution is 2.16. The van der Waals surface area contributed by atoms with Crippen LogP contribution in [0.15, 0.2) is 18.2 Å². The normalized spacial score (nSPS) is 10.8. The molecule has 0 fully saturated rings. The minimum absolute atomic E-state index is 0.0236. The molecule has 0 saturated heterocycles. The molecule has 88 valence electrons. The van der Waals surface area contributed by atoms with Gasteiger partial charge in [-0.3, -0.25) is 4.79 Å². The number of ketones is 1. The first-order chi connectivity index (χ1) is 7.58. The first kappa shape index (κ1) is 12.8. The van der Waals surface area contributed by atoms with Gasteiger partial charge in [-0.25, -0.2) is 8.78 Å². The number of Topliss-reactive ketones (excluding diaryl/α,β-unsaturated/α-hetero) is 1. The fourth-order valence-corrected chi connectivity index (χ4v) is 1.74. The Hall–Kier alpha value is -1.25. The lowest BCUT2D eigenvalue weighted by Crippen LogP contribution is -2.16. The zero-order valence-electron chi connectivity index (χ0n) is 9.59. The molecule has 16 heavy (non-hydrogen) atoms. The molecule has 0 amide bonds. The molecule has 0 N–H and O–H groups in total. The van der Waals surface area contributed by atoms with Crippen LogP contribution in [-0.2, 0) is 11.2 Å². The van der Waals surface area contributed by atoms with Crippen molar-refractivity contribution in [1.82, 2.24) is 0 Å². The van der Waals surface area contributed by atoms with E-state index in [1.807, 2.05) is 13.8 Å². The summed E-state index contributed by atoms with van der Waals surface area (Å²) >= 11 is 0. The van der Waals surface area contributed by atoms with E-state index in [2.05, 4.69) is 0 Å². The molecule has 0 aromatic heterocycles. The van der Waals surface area contributed by atoms with Gasteiger partial charge in [-0.05, 0) is 24.5 Å². The first-order valence-corrected chi connectivity index (χ1v) is 5.55. The van der Waals surface area contributed by atoms with E-state index in [-0.39, 0.29) is 23.7 Å². The summed E-state index contributed by atoms with van der Waals surface area (Å²) < 4.78 is 25.9. The van der Waals surface area contributed by atoms with Gasteiger partial charge < -0.3 is 0 Å². The second-order valence-corrected chi connectivity index (χ2v) is 3.89. The Kier molecular flexibility index (Phi) is 4.59. The minimum atomic E-state index is -0.640. The van der Waals surface area contributed by atoms with Crippen LogP contribution in [0.25, 0.3) is 0 Å². The molecule has 1 aromatic rings. The number of hydrogen-bond donors (Lipinski definition) is 0. The van der Waals surface area contributed by atoms with Crippen molar-refractivity contribution in [3.63, 3.8) is 0 Å². The van der Waals surface area contributed by atoms with Crippen molar-refractivity contribution in [2.75, 3.05) is 0 Å². The van der Waals surface area contributed by atoms with Crippen molar-refractivity contribution < 1.29 is 13.6 Å². The Morgan fingerprint density at radius 3 is 2.38 bits per heavy atom. The molecule has 0 aliphatic heterocycles. The van der Waals surface area contributed by atoms with Crippen molar-refractivity contribution in [2.45, 2.75) is 33.1 Å². The molecule has 1 nitrogen and oxygen atoms in total. The van der Waals surface area contributed by atoms with Crippen molar-refractivity contribution >= 4 is 5.78 Å². The molecule has 0 aliphatic rings. The standard InChI is InChI=1S/C13H16F2O/c1-3-9(4-2)13(16)7-10-5-6-11(14)8-12(10)15/h5-6,8-9H,3-4,7H2,1-2H3. The van der Waals surface area contributed by atoms with Crippen LogP contribution in [0.5, 0.6) is 0 Å². The molecule has 1 rings (SSSR count). The third-order valence-electron chi connectivity index (χ3n) is 2.82. The second kappa shape index (κ2) is 5.73. The molecular weight excluding hydrogens is 210 g/mol. The number of benzene rings is 1. The third kappa shape index (κ3) is 3.12. The van der Waals surface area contributed by atoms with Crippen LogP contribution >= 0.6 is 0 Å². The zero-order valence-corrected chi connectivity index (χ0v) is 9.59. The maximum atomic E-state index is 13.3. The van der Waals surface area contributed by atoms with E-state index in [1.54, 1.807) is 0 Å². The van der Waals surface area contributed by atoms with Crippen LogP contribution in [0, 0.1) is 17.6 Å². The molecule has 0 spiro atoms. The van der Waals surface area contributed by atoms with Crippen molar-refractivity contribution in [2.24, 2.45) is 5.92 Å². The van der Waals surface area contributed by atoms with E-state index >= 15 is 0 Å². The minimum Gasteiger partial charge on any atom is -0.299 e. The molecule has 0 unspecified atom stereocenters. The van der Waals surface area contributed by atoms with Crippen LogP contribution in [-0.4, -0.2) is 5.78 Å². The smallest absolute Gasteiger partial charge is 0.140 e. The molecule has 0 heterocycles. The van der Waals surface area contributed by atoms with Crippen LogP contribution in [0.2, 0.25) is 0 Å². The Morgan fingerprint density at radius 1 is 1.25 bits per heavy atom. The molecule has 0 saturated carbocycles. The molecule has 0 bridgehead atoms. The number of halogens is 2. The summed E-state index contributed by atoms with van der Waals surface area (Å²) in [5.74, 6) is -1.25. The highest BCUT2D eigenvalue weighted by atomic mass is 19.1. The maximum absolute atomic E-state index is 13.3. The van der Waals surface area contributed by atoms with Crippen LogP contribution < -0.4 is 0 Å². The van der Waals surface area contributed by atoms with Gasteiger partial charge >= 0.3 is 0 Å². The fraction of sp³-hybridized carbons (Fsp3) is 0.462. The number of hydrogen-bond acceptors (Lipinski definition) is 1. The monoisotopic (exact) mass is 226 g/mol. The average molecular weight is 226 g/mol. The Morgan fingerprint density at radius 2 is 1.88 bits per heavy atom. The lowest BCUT2D eigenvalue weighted by Gasteiger charge is -2.11. The lowest BCUT2D eigenvalue weighted by atomic mass is 9.93. The van der Waals surface area contributed by atoms with Gasteiger partial charge in [0.1, 0.15) is 17.4 Å².